The molecule has 0 atom stereocenters. The molecular weight excluding hydrogens is 514 g/mol. The van der Waals surface area contributed by atoms with Gasteiger partial charge in [-0.2, -0.15) is 36.3 Å². The lowest BCUT2D eigenvalue weighted by Gasteiger charge is -2.33. The third-order valence-corrected chi connectivity index (χ3v) is 6.05. The summed E-state index contributed by atoms with van der Waals surface area (Å²) in [6.07, 6.45) is -4.74. The van der Waals surface area contributed by atoms with Crippen LogP contribution in [0, 0.1) is 0 Å². The number of imidazole rings is 1. The fraction of sp³-hybridized carbons (Fsp3) is 0.292. The quantitative estimate of drug-likeness (QED) is 0.331. The minimum atomic E-state index is -4.97. The summed E-state index contributed by atoms with van der Waals surface area (Å²) in [6.45, 7) is 2.78. The van der Waals surface area contributed by atoms with Crippen LogP contribution in [0.15, 0.2) is 55.0 Å². The molecule has 4 heterocycles. The van der Waals surface area contributed by atoms with Crippen LogP contribution in [-0.2, 0) is 12.4 Å². The van der Waals surface area contributed by atoms with E-state index in [1.54, 1.807) is 41.2 Å². The average Bonchev–Trinajstić information content (AvgIpc) is 3.31. The summed E-state index contributed by atoms with van der Waals surface area (Å²) < 4.78 is 81.9. The van der Waals surface area contributed by atoms with Crippen LogP contribution in [0.4, 0.5) is 55.3 Å². The Kier molecular flexibility index (Phi) is 6.51. The van der Waals surface area contributed by atoms with Gasteiger partial charge in [0.2, 0.25) is 5.95 Å². The second-order valence-electron chi connectivity index (χ2n) is 8.88. The molecule has 5 rings (SSSR count). The highest BCUT2D eigenvalue weighted by molar-refractivity contribution is 5.66. The van der Waals surface area contributed by atoms with Crippen LogP contribution >= 0.6 is 0 Å². The average molecular weight is 536 g/mol. The van der Waals surface area contributed by atoms with Crippen molar-refractivity contribution in [2.75, 3.05) is 48.8 Å². The molecule has 0 spiro atoms. The van der Waals surface area contributed by atoms with Crippen LogP contribution in [0.3, 0.4) is 0 Å². The Balaban J connectivity index is 1.52. The van der Waals surface area contributed by atoms with Gasteiger partial charge in [-0.05, 0) is 31.3 Å². The first-order valence-corrected chi connectivity index (χ1v) is 11.5. The molecule has 0 saturated carbocycles. The van der Waals surface area contributed by atoms with Gasteiger partial charge in [-0.1, -0.05) is 0 Å². The Morgan fingerprint density at radius 3 is 2.11 bits per heavy atom. The third kappa shape index (κ3) is 5.74. The van der Waals surface area contributed by atoms with Crippen molar-refractivity contribution < 1.29 is 26.3 Å². The largest absolute Gasteiger partial charge is 0.416 e. The van der Waals surface area contributed by atoms with Crippen molar-refractivity contribution in [1.29, 1.82) is 0 Å². The predicted octanol–water partition coefficient (Wildman–Crippen LogP) is 5.40. The zero-order valence-corrected chi connectivity index (χ0v) is 20.0. The standard InChI is InChI=1S/C24H22F6N8/c1-36-6-8-38(9-7-36)21-14-19(32-17-2-4-37-5-3-31-20(37)13-17)34-22(35-21)33-18-11-15(23(25,26)27)10-16(12-18)24(28,29)30/h2-5,10-14H,6-9H2,1H3,(H2,32,33,34,35). The normalized spacial score (nSPS) is 15.2. The van der Waals surface area contributed by atoms with E-state index in [9.17, 15) is 26.3 Å². The first-order chi connectivity index (χ1) is 17.9. The van der Waals surface area contributed by atoms with E-state index in [0.29, 0.717) is 48.2 Å². The van der Waals surface area contributed by atoms with Gasteiger partial charge >= 0.3 is 12.4 Å². The number of nitrogens with zero attached hydrogens (tertiary/aromatic N) is 6. The lowest BCUT2D eigenvalue weighted by atomic mass is 10.1. The Morgan fingerprint density at radius 1 is 0.763 bits per heavy atom. The smallest absolute Gasteiger partial charge is 0.354 e. The van der Waals surface area contributed by atoms with Crippen LogP contribution < -0.4 is 15.5 Å². The Labute approximate surface area is 212 Å². The summed E-state index contributed by atoms with van der Waals surface area (Å²) in [5.41, 5.74) is -2.00. The third-order valence-electron chi connectivity index (χ3n) is 6.05. The number of fused-ring (bicyclic) bond motifs is 1. The number of piperazine rings is 1. The van der Waals surface area contributed by atoms with Crippen molar-refractivity contribution in [1.82, 2.24) is 24.3 Å². The lowest BCUT2D eigenvalue weighted by Crippen LogP contribution is -2.44. The molecule has 38 heavy (non-hydrogen) atoms. The Hall–Kier alpha value is -4.07. The van der Waals surface area contributed by atoms with Gasteiger partial charge in [-0.25, -0.2) is 4.98 Å². The molecule has 1 aliphatic rings. The second kappa shape index (κ2) is 9.67. The van der Waals surface area contributed by atoms with Crippen molar-refractivity contribution in [3.05, 3.63) is 66.1 Å². The summed E-state index contributed by atoms with van der Waals surface area (Å²) in [4.78, 5) is 17.1. The SMILES string of the molecule is CN1CCN(c2cc(Nc3ccn4ccnc4c3)nc(Nc3cc(C(F)(F)F)cc(C(F)(F)F)c3)n2)CC1. The summed E-state index contributed by atoms with van der Waals surface area (Å²) in [7, 11) is 1.98. The molecule has 200 valence electrons. The van der Waals surface area contributed by atoms with Crippen molar-refractivity contribution in [2.45, 2.75) is 12.4 Å². The highest BCUT2D eigenvalue weighted by atomic mass is 19.4. The summed E-state index contributed by atoms with van der Waals surface area (Å²) in [5, 5.41) is 5.68. The minimum Gasteiger partial charge on any atom is -0.354 e. The van der Waals surface area contributed by atoms with E-state index in [1.165, 1.54) is 0 Å². The fourth-order valence-corrected chi connectivity index (χ4v) is 4.04. The van der Waals surface area contributed by atoms with E-state index in [0.717, 1.165) is 13.1 Å². The topological polar surface area (TPSA) is 73.6 Å². The maximum Gasteiger partial charge on any atom is 0.416 e. The van der Waals surface area contributed by atoms with Crippen molar-refractivity contribution in [3.8, 4) is 0 Å². The molecule has 0 amide bonds. The fourth-order valence-electron chi connectivity index (χ4n) is 4.04. The summed E-state index contributed by atoms with van der Waals surface area (Å²) in [5.74, 6) is 0.622. The molecule has 1 saturated heterocycles. The highest BCUT2D eigenvalue weighted by Crippen LogP contribution is 2.38. The van der Waals surface area contributed by atoms with Gasteiger partial charge in [0, 0.05) is 68.3 Å². The zero-order valence-electron chi connectivity index (χ0n) is 20.0. The summed E-state index contributed by atoms with van der Waals surface area (Å²) >= 11 is 0. The number of pyridine rings is 1. The van der Waals surface area contributed by atoms with Gasteiger partial charge in [0.15, 0.2) is 0 Å². The molecule has 1 fully saturated rings. The van der Waals surface area contributed by atoms with E-state index in [1.807, 2.05) is 11.9 Å². The molecular formula is C24H22F6N8. The zero-order chi connectivity index (χ0) is 27.1. The van der Waals surface area contributed by atoms with E-state index in [4.69, 9.17) is 0 Å². The van der Waals surface area contributed by atoms with Gasteiger partial charge < -0.3 is 24.8 Å². The number of likely N-dealkylation sites (N-methyl/N-ethyl adjacent to an activating group) is 1. The first kappa shape index (κ1) is 25.6. The van der Waals surface area contributed by atoms with Crippen LogP contribution in [-0.4, -0.2) is 57.5 Å². The number of benzene rings is 1. The molecule has 8 nitrogen and oxygen atoms in total. The Morgan fingerprint density at radius 2 is 1.45 bits per heavy atom. The predicted molar refractivity (Wildman–Crippen MR) is 130 cm³/mol. The minimum absolute atomic E-state index is 0.0748. The number of hydrogen-bond acceptors (Lipinski definition) is 7. The second-order valence-corrected chi connectivity index (χ2v) is 8.88. The molecule has 1 aromatic carbocycles. The van der Waals surface area contributed by atoms with Gasteiger partial charge in [0.1, 0.15) is 17.3 Å². The van der Waals surface area contributed by atoms with Crippen LogP contribution in [0.2, 0.25) is 0 Å². The number of anilines is 5. The van der Waals surface area contributed by atoms with Gasteiger partial charge in [0.05, 0.1) is 11.1 Å². The van der Waals surface area contributed by atoms with Gasteiger partial charge in [-0.3, -0.25) is 0 Å². The number of halogens is 6. The van der Waals surface area contributed by atoms with Gasteiger partial charge in [-0.15, -0.1) is 0 Å². The monoisotopic (exact) mass is 536 g/mol. The molecule has 14 heteroatoms. The van der Waals surface area contributed by atoms with E-state index >= 15 is 0 Å². The molecule has 3 aromatic heterocycles. The van der Waals surface area contributed by atoms with Crippen LogP contribution in [0.1, 0.15) is 11.1 Å². The number of nitrogens with one attached hydrogen (secondary N) is 2. The maximum absolute atomic E-state index is 13.4. The van der Waals surface area contributed by atoms with E-state index in [2.05, 4.69) is 30.5 Å². The molecule has 0 radical (unpaired) electrons. The summed E-state index contributed by atoms with van der Waals surface area (Å²) in [6, 6.07) is 6.50. The molecule has 0 bridgehead atoms. The van der Waals surface area contributed by atoms with E-state index in [-0.39, 0.29) is 12.0 Å². The van der Waals surface area contributed by atoms with Crippen molar-refractivity contribution >= 4 is 34.6 Å². The van der Waals surface area contributed by atoms with Crippen molar-refractivity contribution in [3.63, 3.8) is 0 Å². The molecule has 2 N–H and O–H groups in total. The van der Waals surface area contributed by atoms with Crippen LogP contribution in [0.25, 0.3) is 5.65 Å². The first-order valence-electron chi connectivity index (χ1n) is 11.5. The molecule has 4 aromatic rings. The molecule has 0 aliphatic carbocycles. The number of alkyl halides is 6. The number of rotatable bonds is 5. The van der Waals surface area contributed by atoms with E-state index < -0.39 is 29.2 Å². The lowest BCUT2D eigenvalue weighted by molar-refractivity contribution is -0.143. The Bertz CT molecular complexity index is 1410. The highest BCUT2D eigenvalue weighted by Gasteiger charge is 2.37. The van der Waals surface area contributed by atoms with Crippen LogP contribution in [0.5, 0.6) is 0 Å². The number of aromatic nitrogens is 4. The number of hydrogen-bond donors (Lipinski definition) is 2. The maximum atomic E-state index is 13.4. The molecule has 1 aliphatic heterocycles. The van der Waals surface area contributed by atoms with Gasteiger partial charge in [0.25, 0.3) is 0 Å². The molecule has 0 unspecified atom stereocenters. The van der Waals surface area contributed by atoms with Crippen molar-refractivity contribution in [2.24, 2.45) is 0 Å².